The highest BCUT2D eigenvalue weighted by Gasteiger charge is 2.37. The predicted octanol–water partition coefficient (Wildman–Crippen LogP) is 0.754. The number of carbonyl (C=O) groups is 1. The van der Waals surface area contributed by atoms with Gasteiger partial charge in [-0.05, 0) is 12.3 Å². The van der Waals surface area contributed by atoms with E-state index in [0.717, 1.165) is 19.4 Å². The van der Waals surface area contributed by atoms with Gasteiger partial charge < -0.3 is 4.74 Å². The fourth-order valence-corrected chi connectivity index (χ4v) is 1.75. The third-order valence-corrected chi connectivity index (χ3v) is 2.27. The molecule has 1 heterocycles. The van der Waals surface area contributed by atoms with Crippen molar-refractivity contribution in [3.63, 3.8) is 0 Å². The summed E-state index contributed by atoms with van der Waals surface area (Å²) in [7, 11) is 0. The zero-order valence-corrected chi connectivity index (χ0v) is 5.30. The highest BCUT2D eigenvalue weighted by atomic mass is 16.5. The van der Waals surface area contributed by atoms with Gasteiger partial charge >= 0.3 is 0 Å². The van der Waals surface area contributed by atoms with Crippen molar-refractivity contribution in [2.45, 2.75) is 25.4 Å². The van der Waals surface area contributed by atoms with Gasteiger partial charge in [0.05, 0.1) is 6.10 Å². The molecule has 0 aromatic rings. The van der Waals surface area contributed by atoms with Crippen molar-refractivity contribution in [3.8, 4) is 0 Å². The average molecular weight is 126 g/mol. The van der Waals surface area contributed by atoms with Gasteiger partial charge in [0.1, 0.15) is 5.78 Å². The smallest absolute Gasteiger partial charge is 0.135 e. The first kappa shape index (κ1) is 5.42. The molecule has 1 aliphatic carbocycles. The van der Waals surface area contributed by atoms with Gasteiger partial charge in [0, 0.05) is 19.4 Å². The molecule has 0 spiro atoms. The second kappa shape index (κ2) is 1.81. The molecule has 0 amide bonds. The van der Waals surface area contributed by atoms with E-state index in [1.165, 1.54) is 0 Å². The van der Waals surface area contributed by atoms with Gasteiger partial charge in [-0.25, -0.2) is 0 Å². The molecule has 1 saturated heterocycles. The van der Waals surface area contributed by atoms with Gasteiger partial charge in [-0.2, -0.15) is 0 Å². The van der Waals surface area contributed by atoms with E-state index in [-0.39, 0.29) is 0 Å². The van der Waals surface area contributed by atoms with Crippen LogP contribution in [0.2, 0.25) is 0 Å². The molecule has 0 radical (unpaired) electrons. The normalized spacial score (nSPS) is 41.6. The molecular weight excluding hydrogens is 116 g/mol. The molecule has 0 N–H and O–H groups in total. The number of hydrogen-bond donors (Lipinski definition) is 0. The van der Waals surface area contributed by atoms with E-state index >= 15 is 0 Å². The molecule has 2 unspecified atom stereocenters. The Labute approximate surface area is 54.2 Å². The maximum absolute atomic E-state index is 10.8. The fraction of sp³-hybridized carbons (Fsp3) is 0.857. The number of hydrogen-bond acceptors (Lipinski definition) is 2. The summed E-state index contributed by atoms with van der Waals surface area (Å²) in [5.74, 6) is 0.974. The standard InChI is InChI=1S/C7H10O2/c8-6-3-5-1-2-9-7(5)4-6/h5,7H,1-4H2. The maximum Gasteiger partial charge on any atom is 0.135 e. The van der Waals surface area contributed by atoms with E-state index in [2.05, 4.69) is 0 Å². The molecule has 50 valence electrons. The Kier molecular flexibility index (Phi) is 1.09. The van der Waals surface area contributed by atoms with E-state index in [9.17, 15) is 4.79 Å². The summed E-state index contributed by atoms with van der Waals surface area (Å²) in [4.78, 5) is 10.8. The van der Waals surface area contributed by atoms with Gasteiger partial charge in [0.25, 0.3) is 0 Å². The molecule has 1 aliphatic heterocycles. The monoisotopic (exact) mass is 126 g/mol. The van der Waals surface area contributed by atoms with Crippen LogP contribution in [0, 0.1) is 5.92 Å². The van der Waals surface area contributed by atoms with Crippen molar-refractivity contribution >= 4 is 5.78 Å². The van der Waals surface area contributed by atoms with Crippen LogP contribution in [-0.4, -0.2) is 18.5 Å². The molecular formula is C7H10O2. The first-order valence-corrected chi connectivity index (χ1v) is 3.49. The number of ketones is 1. The quantitative estimate of drug-likeness (QED) is 0.479. The van der Waals surface area contributed by atoms with Crippen LogP contribution in [0.5, 0.6) is 0 Å². The van der Waals surface area contributed by atoms with Crippen LogP contribution in [0.15, 0.2) is 0 Å². The van der Waals surface area contributed by atoms with Crippen LogP contribution in [0.4, 0.5) is 0 Å². The Bertz CT molecular complexity index is 128. The van der Waals surface area contributed by atoms with Crippen molar-refractivity contribution < 1.29 is 9.53 Å². The summed E-state index contributed by atoms with van der Waals surface area (Å²) in [6, 6.07) is 0. The van der Waals surface area contributed by atoms with Gasteiger partial charge in [-0.15, -0.1) is 0 Å². The summed E-state index contributed by atoms with van der Waals surface area (Å²) in [5.41, 5.74) is 0. The molecule has 0 aromatic carbocycles. The average Bonchev–Trinajstić information content (AvgIpc) is 2.22. The molecule has 1 saturated carbocycles. The molecule has 2 rings (SSSR count). The number of carbonyl (C=O) groups excluding carboxylic acids is 1. The van der Waals surface area contributed by atoms with E-state index in [1.54, 1.807) is 0 Å². The van der Waals surface area contributed by atoms with Crippen molar-refractivity contribution in [1.82, 2.24) is 0 Å². The largest absolute Gasteiger partial charge is 0.377 e. The SMILES string of the molecule is O=C1CC2CCOC2C1. The summed E-state index contributed by atoms with van der Waals surface area (Å²) in [6.07, 6.45) is 2.88. The van der Waals surface area contributed by atoms with Crippen LogP contribution in [0.3, 0.4) is 0 Å². The molecule has 2 heteroatoms. The lowest BCUT2D eigenvalue weighted by Crippen LogP contribution is -2.06. The van der Waals surface area contributed by atoms with Gasteiger partial charge in [-0.1, -0.05) is 0 Å². The molecule has 9 heavy (non-hydrogen) atoms. The lowest BCUT2D eigenvalue weighted by Gasteiger charge is -2.02. The van der Waals surface area contributed by atoms with Crippen LogP contribution in [0.25, 0.3) is 0 Å². The Morgan fingerprint density at radius 2 is 2.33 bits per heavy atom. The van der Waals surface area contributed by atoms with Crippen molar-refractivity contribution in [2.24, 2.45) is 5.92 Å². The van der Waals surface area contributed by atoms with E-state index in [4.69, 9.17) is 4.74 Å². The van der Waals surface area contributed by atoms with Gasteiger partial charge in [-0.3, -0.25) is 4.79 Å². The number of ether oxygens (including phenoxy) is 1. The van der Waals surface area contributed by atoms with E-state index in [0.29, 0.717) is 24.2 Å². The first-order chi connectivity index (χ1) is 4.36. The minimum Gasteiger partial charge on any atom is -0.377 e. The lowest BCUT2D eigenvalue weighted by atomic mass is 10.1. The molecule has 2 atom stereocenters. The second-order valence-corrected chi connectivity index (χ2v) is 2.90. The minimum atomic E-state index is 0.303. The van der Waals surface area contributed by atoms with Crippen molar-refractivity contribution in [3.05, 3.63) is 0 Å². The third-order valence-electron chi connectivity index (χ3n) is 2.27. The zero-order valence-electron chi connectivity index (χ0n) is 5.30. The molecule has 0 aromatic heterocycles. The highest BCUT2D eigenvalue weighted by Crippen LogP contribution is 2.33. The third kappa shape index (κ3) is 0.778. The fourth-order valence-electron chi connectivity index (χ4n) is 1.75. The second-order valence-electron chi connectivity index (χ2n) is 2.90. The van der Waals surface area contributed by atoms with Gasteiger partial charge in [0.15, 0.2) is 0 Å². The van der Waals surface area contributed by atoms with Crippen molar-refractivity contribution in [1.29, 1.82) is 0 Å². The Morgan fingerprint density at radius 1 is 1.44 bits per heavy atom. The molecule has 2 fully saturated rings. The lowest BCUT2D eigenvalue weighted by molar-refractivity contribution is -0.118. The first-order valence-electron chi connectivity index (χ1n) is 3.49. The van der Waals surface area contributed by atoms with E-state index < -0.39 is 0 Å². The Hall–Kier alpha value is -0.370. The number of rotatable bonds is 0. The number of fused-ring (bicyclic) bond motifs is 1. The molecule has 0 bridgehead atoms. The summed E-state index contributed by atoms with van der Waals surface area (Å²) < 4.78 is 5.33. The van der Waals surface area contributed by atoms with Crippen LogP contribution < -0.4 is 0 Å². The van der Waals surface area contributed by atoms with E-state index in [1.807, 2.05) is 0 Å². The Balaban J connectivity index is 2.09. The predicted molar refractivity (Wildman–Crippen MR) is 32.1 cm³/mol. The summed E-state index contributed by atoms with van der Waals surface area (Å²) >= 11 is 0. The van der Waals surface area contributed by atoms with Gasteiger partial charge in [0.2, 0.25) is 0 Å². The number of Topliss-reactive ketones (excluding diaryl/α,β-unsaturated/α-hetero) is 1. The summed E-state index contributed by atoms with van der Waals surface area (Å²) in [6.45, 7) is 0.878. The Morgan fingerprint density at radius 3 is 3.11 bits per heavy atom. The van der Waals surface area contributed by atoms with Crippen molar-refractivity contribution in [2.75, 3.05) is 6.61 Å². The van der Waals surface area contributed by atoms with Crippen LogP contribution in [-0.2, 0) is 9.53 Å². The summed E-state index contributed by atoms with van der Waals surface area (Å²) in [5, 5.41) is 0. The topological polar surface area (TPSA) is 26.3 Å². The minimum absolute atomic E-state index is 0.303. The highest BCUT2D eigenvalue weighted by molar-refractivity contribution is 5.81. The van der Waals surface area contributed by atoms with Crippen LogP contribution in [0.1, 0.15) is 19.3 Å². The molecule has 2 nitrogen and oxygen atoms in total. The molecule has 2 aliphatic rings. The zero-order chi connectivity index (χ0) is 6.27. The maximum atomic E-state index is 10.8. The van der Waals surface area contributed by atoms with Crippen LogP contribution >= 0.6 is 0 Å².